The Morgan fingerprint density at radius 3 is 3.00 bits per heavy atom. The van der Waals surface area contributed by atoms with Crippen LogP contribution in [-0.2, 0) is 17.8 Å². The van der Waals surface area contributed by atoms with Crippen molar-refractivity contribution in [3.05, 3.63) is 30.4 Å². The fraction of sp³-hybridized carbons (Fsp3) is 0.500. The molecule has 1 atom stereocenters. The van der Waals surface area contributed by atoms with Crippen LogP contribution in [0.2, 0.25) is 0 Å². The average Bonchev–Trinajstić information content (AvgIpc) is 3.16. The number of hydrogen-bond acceptors (Lipinski definition) is 4. The van der Waals surface area contributed by atoms with Crippen molar-refractivity contribution in [2.75, 3.05) is 13.1 Å². The van der Waals surface area contributed by atoms with Gasteiger partial charge < -0.3 is 4.90 Å². The lowest BCUT2D eigenvalue weighted by Crippen LogP contribution is -2.26. The highest BCUT2D eigenvalue weighted by Crippen LogP contribution is 2.21. The van der Waals surface area contributed by atoms with Crippen LogP contribution in [0.4, 0.5) is 0 Å². The molecular weight excluding hydrogens is 278 g/mol. The molecule has 6 nitrogen and oxygen atoms in total. The summed E-state index contributed by atoms with van der Waals surface area (Å²) in [5.74, 6) is 0.638. The molecule has 0 saturated carbocycles. The van der Waals surface area contributed by atoms with E-state index in [1.165, 1.54) is 0 Å². The zero-order valence-electron chi connectivity index (χ0n) is 13.1. The minimum absolute atomic E-state index is 0.161. The first kappa shape index (κ1) is 14.7. The second kappa shape index (κ2) is 6.25. The van der Waals surface area contributed by atoms with Crippen LogP contribution in [0, 0.1) is 5.92 Å². The van der Waals surface area contributed by atoms with Crippen molar-refractivity contribution in [2.45, 2.75) is 33.2 Å². The molecule has 116 valence electrons. The second-order valence-electron chi connectivity index (χ2n) is 5.75. The molecule has 0 aliphatic carbocycles. The van der Waals surface area contributed by atoms with E-state index < -0.39 is 0 Å². The summed E-state index contributed by atoms with van der Waals surface area (Å²) in [5.41, 5.74) is 2.84. The smallest absolute Gasteiger partial charge is 0.219 e. The topological polar surface area (TPSA) is 63.9 Å². The fourth-order valence-corrected chi connectivity index (χ4v) is 3.01. The van der Waals surface area contributed by atoms with Gasteiger partial charge in [-0.2, -0.15) is 5.10 Å². The van der Waals surface area contributed by atoms with Gasteiger partial charge in [0.05, 0.1) is 17.6 Å². The molecule has 1 saturated heterocycles. The third kappa shape index (κ3) is 3.00. The van der Waals surface area contributed by atoms with E-state index in [-0.39, 0.29) is 5.91 Å². The standard InChI is InChI=1S/C16H21N5O/c1-3-21-16(4-6-18-21)15-10-17-9-14(19-15)8-13-5-7-20(11-13)12(2)22/h4,6,9-10,13H,3,5,7-8,11H2,1-2H3/t13-/m1/s1. The lowest BCUT2D eigenvalue weighted by atomic mass is 10.0. The summed E-state index contributed by atoms with van der Waals surface area (Å²) in [4.78, 5) is 22.4. The third-order valence-electron chi connectivity index (χ3n) is 4.19. The highest BCUT2D eigenvalue weighted by molar-refractivity contribution is 5.73. The normalized spacial score (nSPS) is 17.9. The number of rotatable bonds is 4. The molecule has 1 aliphatic rings. The van der Waals surface area contributed by atoms with Gasteiger partial charge in [-0.1, -0.05) is 0 Å². The van der Waals surface area contributed by atoms with E-state index in [0.29, 0.717) is 5.92 Å². The number of nitrogens with zero attached hydrogens (tertiary/aromatic N) is 5. The van der Waals surface area contributed by atoms with Crippen molar-refractivity contribution < 1.29 is 4.79 Å². The minimum atomic E-state index is 0.161. The highest BCUT2D eigenvalue weighted by atomic mass is 16.2. The van der Waals surface area contributed by atoms with E-state index in [2.05, 4.69) is 17.0 Å². The van der Waals surface area contributed by atoms with Gasteiger partial charge >= 0.3 is 0 Å². The van der Waals surface area contributed by atoms with Crippen molar-refractivity contribution in [2.24, 2.45) is 5.92 Å². The average molecular weight is 299 g/mol. The highest BCUT2D eigenvalue weighted by Gasteiger charge is 2.24. The van der Waals surface area contributed by atoms with Crippen molar-refractivity contribution >= 4 is 5.91 Å². The molecule has 3 rings (SSSR count). The predicted molar refractivity (Wildman–Crippen MR) is 83.0 cm³/mol. The quantitative estimate of drug-likeness (QED) is 0.863. The minimum Gasteiger partial charge on any atom is -0.343 e. The number of aromatic nitrogens is 4. The first-order chi connectivity index (χ1) is 10.7. The molecule has 0 spiro atoms. The number of likely N-dealkylation sites (tertiary alicyclic amines) is 1. The summed E-state index contributed by atoms with van der Waals surface area (Å²) in [6.45, 7) is 6.19. The van der Waals surface area contributed by atoms with E-state index >= 15 is 0 Å². The van der Waals surface area contributed by atoms with Crippen LogP contribution in [-0.4, -0.2) is 43.6 Å². The van der Waals surface area contributed by atoms with Crippen molar-refractivity contribution in [1.29, 1.82) is 0 Å². The Morgan fingerprint density at radius 1 is 1.41 bits per heavy atom. The van der Waals surface area contributed by atoms with Gasteiger partial charge in [-0.25, -0.2) is 4.98 Å². The third-order valence-corrected chi connectivity index (χ3v) is 4.19. The molecule has 3 heterocycles. The summed E-state index contributed by atoms with van der Waals surface area (Å²) < 4.78 is 1.92. The Hall–Kier alpha value is -2.24. The molecule has 22 heavy (non-hydrogen) atoms. The van der Waals surface area contributed by atoms with E-state index in [4.69, 9.17) is 4.98 Å². The lowest BCUT2D eigenvalue weighted by Gasteiger charge is -2.13. The van der Waals surface area contributed by atoms with Gasteiger partial charge in [0.25, 0.3) is 0 Å². The number of aryl methyl sites for hydroxylation is 1. The number of hydrogen-bond donors (Lipinski definition) is 0. The molecule has 1 fully saturated rings. The van der Waals surface area contributed by atoms with Crippen LogP contribution in [0.25, 0.3) is 11.4 Å². The van der Waals surface area contributed by atoms with E-state index in [1.54, 1.807) is 19.3 Å². The van der Waals surface area contributed by atoms with E-state index in [1.807, 2.05) is 21.8 Å². The molecule has 2 aromatic rings. The molecule has 0 unspecified atom stereocenters. The Bertz CT molecular complexity index is 666. The fourth-order valence-electron chi connectivity index (χ4n) is 3.01. The number of carbonyl (C=O) groups excluding carboxylic acids is 1. The van der Waals surface area contributed by atoms with Crippen LogP contribution in [0.5, 0.6) is 0 Å². The Labute approximate surface area is 130 Å². The molecule has 0 bridgehead atoms. The lowest BCUT2D eigenvalue weighted by molar-refractivity contribution is -0.127. The summed E-state index contributed by atoms with van der Waals surface area (Å²) >= 11 is 0. The maximum Gasteiger partial charge on any atom is 0.219 e. The molecular formula is C16H21N5O. The SMILES string of the molecule is CCn1nccc1-c1cncc(C[C@H]2CCN(C(C)=O)C2)n1. The second-order valence-corrected chi connectivity index (χ2v) is 5.75. The van der Waals surface area contributed by atoms with Crippen molar-refractivity contribution in [3.63, 3.8) is 0 Å². The summed E-state index contributed by atoms with van der Waals surface area (Å²) in [6, 6.07) is 1.96. The zero-order chi connectivity index (χ0) is 15.5. The van der Waals surface area contributed by atoms with Crippen LogP contribution in [0.15, 0.2) is 24.7 Å². The molecule has 2 aromatic heterocycles. The first-order valence-electron chi connectivity index (χ1n) is 7.76. The maximum atomic E-state index is 11.4. The van der Waals surface area contributed by atoms with Gasteiger partial charge in [0.1, 0.15) is 5.69 Å². The molecule has 0 radical (unpaired) electrons. The van der Waals surface area contributed by atoms with Gasteiger partial charge in [0.15, 0.2) is 0 Å². The number of carbonyl (C=O) groups is 1. The Kier molecular flexibility index (Phi) is 4.18. The number of amides is 1. The molecule has 1 amide bonds. The molecule has 0 aromatic carbocycles. The van der Waals surface area contributed by atoms with Gasteiger partial charge in [-0.15, -0.1) is 0 Å². The van der Waals surface area contributed by atoms with Gasteiger partial charge in [-0.05, 0) is 31.7 Å². The van der Waals surface area contributed by atoms with Crippen molar-refractivity contribution in [3.8, 4) is 11.4 Å². The van der Waals surface area contributed by atoms with Gasteiger partial charge in [-0.3, -0.25) is 14.5 Å². The molecule has 6 heteroatoms. The van der Waals surface area contributed by atoms with Crippen LogP contribution in [0.3, 0.4) is 0 Å². The summed E-state index contributed by atoms with van der Waals surface area (Å²) in [7, 11) is 0. The first-order valence-corrected chi connectivity index (χ1v) is 7.76. The summed E-state index contributed by atoms with van der Waals surface area (Å²) in [6.07, 6.45) is 7.30. The maximum absolute atomic E-state index is 11.4. The van der Waals surface area contributed by atoms with Crippen molar-refractivity contribution in [1.82, 2.24) is 24.6 Å². The predicted octanol–water partition coefficient (Wildman–Crippen LogP) is 1.77. The molecule has 0 N–H and O–H groups in total. The zero-order valence-corrected chi connectivity index (χ0v) is 13.1. The molecule has 1 aliphatic heterocycles. The monoisotopic (exact) mass is 299 g/mol. The van der Waals surface area contributed by atoms with Crippen LogP contribution >= 0.6 is 0 Å². The van der Waals surface area contributed by atoms with Gasteiger partial charge in [0, 0.05) is 39.0 Å². The summed E-state index contributed by atoms with van der Waals surface area (Å²) in [5, 5.41) is 4.28. The van der Waals surface area contributed by atoms with E-state index in [0.717, 1.165) is 49.6 Å². The largest absolute Gasteiger partial charge is 0.343 e. The Morgan fingerprint density at radius 2 is 2.27 bits per heavy atom. The van der Waals surface area contributed by atoms with Crippen LogP contribution in [0.1, 0.15) is 26.0 Å². The van der Waals surface area contributed by atoms with E-state index in [9.17, 15) is 4.79 Å². The van der Waals surface area contributed by atoms with Crippen LogP contribution < -0.4 is 0 Å². The Balaban J connectivity index is 1.74. The van der Waals surface area contributed by atoms with Gasteiger partial charge in [0.2, 0.25) is 5.91 Å².